The third-order valence-electron chi connectivity index (χ3n) is 4.49. The molecule has 0 aliphatic carbocycles. The van der Waals surface area contributed by atoms with Crippen LogP contribution in [0.2, 0.25) is 5.02 Å². The Labute approximate surface area is 179 Å². The van der Waals surface area contributed by atoms with Crippen LogP contribution < -0.4 is 10.1 Å². The summed E-state index contributed by atoms with van der Waals surface area (Å²) in [5.74, 6) is 0.840. The number of rotatable bonds is 8. The maximum absolute atomic E-state index is 10.8. The van der Waals surface area contributed by atoms with Crippen molar-refractivity contribution in [1.29, 1.82) is 0 Å². The highest BCUT2D eigenvalue weighted by atomic mass is 79.9. The first-order valence-electron chi connectivity index (χ1n) is 9.23. The van der Waals surface area contributed by atoms with Crippen molar-refractivity contribution in [2.45, 2.75) is 25.5 Å². The zero-order valence-electron chi connectivity index (χ0n) is 15.6. The number of ether oxygens (including phenoxy) is 1. The lowest BCUT2D eigenvalue weighted by Crippen LogP contribution is -2.15. The number of hydrogen-bond donors (Lipinski definition) is 2. The van der Waals surface area contributed by atoms with Gasteiger partial charge in [0.2, 0.25) is 0 Å². The quantitative estimate of drug-likeness (QED) is 0.389. The fraction of sp³-hybridized carbons (Fsp3) is 0.217. The number of anilines is 1. The third-order valence-corrected chi connectivity index (χ3v) is 5.27. The van der Waals surface area contributed by atoms with E-state index in [1.54, 1.807) is 12.1 Å². The normalized spacial score (nSPS) is 13.0. The van der Waals surface area contributed by atoms with Gasteiger partial charge < -0.3 is 15.2 Å². The van der Waals surface area contributed by atoms with E-state index < -0.39 is 6.10 Å². The Morgan fingerprint density at radius 2 is 1.54 bits per heavy atom. The molecule has 0 bridgehead atoms. The molecule has 2 unspecified atom stereocenters. The minimum absolute atomic E-state index is 0.0671. The van der Waals surface area contributed by atoms with Gasteiger partial charge in [-0.3, -0.25) is 0 Å². The Balaban J connectivity index is 1.82. The predicted molar refractivity (Wildman–Crippen MR) is 119 cm³/mol. The number of aliphatic hydroxyl groups is 1. The van der Waals surface area contributed by atoms with Crippen molar-refractivity contribution >= 4 is 33.2 Å². The Bertz CT molecular complexity index is 867. The lowest BCUT2D eigenvalue weighted by atomic mass is 9.96. The van der Waals surface area contributed by atoms with Crippen LogP contribution in [-0.2, 0) is 0 Å². The lowest BCUT2D eigenvalue weighted by molar-refractivity contribution is 0.160. The van der Waals surface area contributed by atoms with E-state index in [1.807, 2.05) is 67.6 Å². The average Bonchev–Trinajstić information content (AvgIpc) is 2.70. The second kappa shape index (κ2) is 9.97. The fourth-order valence-electron chi connectivity index (χ4n) is 3.03. The Hall–Kier alpha value is -2.01. The smallest absolute Gasteiger partial charge is 0.119 e. The summed E-state index contributed by atoms with van der Waals surface area (Å²) in [5, 5.41) is 15.0. The van der Waals surface area contributed by atoms with Gasteiger partial charge in [-0.05, 0) is 66.6 Å². The molecule has 0 heterocycles. The molecule has 28 heavy (non-hydrogen) atoms. The van der Waals surface area contributed by atoms with Crippen molar-refractivity contribution in [3.8, 4) is 5.75 Å². The molecule has 3 nitrogen and oxygen atoms in total. The largest absolute Gasteiger partial charge is 0.494 e. The number of nitrogens with one attached hydrogen (secondary N) is 1. The summed E-state index contributed by atoms with van der Waals surface area (Å²) in [6, 6.07) is 23.3. The van der Waals surface area contributed by atoms with Gasteiger partial charge in [0.1, 0.15) is 5.75 Å². The molecule has 0 amide bonds. The topological polar surface area (TPSA) is 41.5 Å². The molecule has 0 saturated carbocycles. The number of hydrogen-bond acceptors (Lipinski definition) is 3. The summed E-state index contributed by atoms with van der Waals surface area (Å²) < 4.78 is 6.57. The molecule has 0 radical (unpaired) electrons. The van der Waals surface area contributed by atoms with Crippen molar-refractivity contribution in [3.05, 3.63) is 93.4 Å². The highest BCUT2D eigenvalue weighted by Crippen LogP contribution is 2.31. The first kappa shape index (κ1) is 20.7. The summed E-state index contributed by atoms with van der Waals surface area (Å²) in [7, 11) is 0. The maximum atomic E-state index is 10.8. The molecular formula is C23H23BrClNO2. The predicted octanol–water partition coefficient (Wildman–Crippen LogP) is 6.78. The van der Waals surface area contributed by atoms with Crippen LogP contribution in [0.25, 0.3) is 0 Å². The van der Waals surface area contributed by atoms with Gasteiger partial charge in [0, 0.05) is 21.6 Å². The van der Waals surface area contributed by atoms with Crippen molar-refractivity contribution in [3.63, 3.8) is 0 Å². The molecule has 146 valence electrons. The maximum Gasteiger partial charge on any atom is 0.119 e. The van der Waals surface area contributed by atoms with Gasteiger partial charge >= 0.3 is 0 Å². The zero-order valence-corrected chi connectivity index (χ0v) is 18.0. The van der Waals surface area contributed by atoms with Gasteiger partial charge in [0.25, 0.3) is 0 Å². The van der Waals surface area contributed by atoms with Crippen LogP contribution in [0.1, 0.15) is 36.6 Å². The van der Waals surface area contributed by atoms with Gasteiger partial charge in [-0.15, -0.1) is 0 Å². The molecule has 0 aliphatic heterocycles. The Kier molecular flexibility index (Phi) is 7.37. The first-order chi connectivity index (χ1) is 13.5. The summed E-state index contributed by atoms with van der Waals surface area (Å²) >= 11 is 9.43. The SMILES string of the molecule is CCOc1ccc(C(CC(O)c2ccc(Cl)cc2)Nc2ccc(Br)cc2)cc1. The molecule has 0 saturated heterocycles. The minimum atomic E-state index is -0.614. The molecule has 0 aliphatic rings. The van der Waals surface area contributed by atoms with E-state index >= 15 is 0 Å². The zero-order chi connectivity index (χ0) is 19.9. The van der Waals surface area contributed by atoms with Crippen LogP contribution in [0.15, 0.2) is 77.3 Å². The average molecular weight is 461 g/mol. The van der Waals surface area contributed by atoms with Gasteiger partial charge in [-0.2, -0.15) is 0 Å². The number of aliphatic hydroxyl groups excluding tert-OH is 1. The molecule has 3 aromatic rings. The van der Waals surface area contributed by atoms with Crippen molar-refractivity contribution in [1.82, 2.24) is 0 Å². The highest BCUT2D eigenvalue weighted by molar-refractivity contribution is 9.10. The molecule has 2 atom stereocenters. The van der Waals surface area contributed by atoms with E-state index in [2.05, 4.69) is 21.2 Å². The molecule has 0 fully saturated rings. The standard InChI is InChI=1S/C23H23BrClNO2/c1-2-28-21-13-5-16(6-14-21)22(26-20-11-7-18(24)8-12-20)15-23(27)17-3-9-19(25)10-4-17/h3-14,22-23,26-27H,2,15H2,1H3. The van der Waals surface area contributed by atoms with Crippen LogP contribution >= 0.6 is 27.5 Å². The second-order valence-corrected chi connectivity index (χ2v) is 7.86. The fourth-order valence-corrected chi connectivity index (χ4v) is 3.42. The van der Waals surface area contributed by atoms with Gasteiger partial charge in [-0.1, -0.05) is 51.8 Å². The van der Waals surface area contributed by atoms with Crippen LogP contribution in [0, 0.1) is 0 Å². The molecule has 5 heteroatoms. The Morgan fingerprint density at radius 1 is 0.929 bits per heavy atom. The van der Waals surface area contributed by atoms with Crippen LogP contribution in [0.5, 0.6) is 5.75 Å². The van der Waals surface area contributed by atoms with Crippen LogP contribution in [0.4, 0.5) is 5.69 Å². The van der Waals surface area contributed by atoms with Crippen molar-refractivity contribution in [2.75, 3.05) is 11.9 Å². The van der Waals surface area contributed by atoms with Crippen LogP contribution in [-0.4, -0.2) is 11.7 Å². The molecule has 0 spiro atoms. The van der Waals surface area contributed by atoms with Gasteiger partial charge in [0.15, 0.2) is 0 Å². The summed E-state index contributed by atoms with van der Waals surface area (Å²) in [4.78, 5) is 0. The van der Waals surface area contributed by atoms with E-state index in [0.717, 1.165) is 27.0 Å². The van der Waals surface area contributed by atoms with Crippen LogP contribution in [0.3, 0.4) is 0 Å². The van der Waals surface area contributed by atoms with Gasteiger partial charge in [0.05, 0.1) is 18.8 Å². The summed E-state index contributed by atoms with van der Waals surface area (Å²) in [6.07, 6.45) is -0.0946. The minimum Gasteiger partial charge on any atom is -0.494 e. The molecular weight excluding hydrogens is 438 g/mol. The first-order valence-corrected chi connectivity index (χ1v) is 10.4. The molecule has 2 N–H and O–H groups in total. The van der Waals surface area contributed by atoms with Crippen molar-refractivity contribution < 1.29 is 9.84 Å². The van der Waals surface area contributed by atoms with E-state index in [4.69, 9.17) is 16.3 Å². The van der Waals surface area contributed by atoms with Gasteiger partial charge in [-0.25, -0.2) is 0 Å². The van der Waals surface area contributed by atoms with E-state index in [0.29, 0.717) is 18.1 Å². The summed E-state index contributed by atoms with van der Waals surface area (Å²) in [6.45, 7) is 2.60. The van der Waals surface area contributed by atoms with E-state index in [1.165, 1.54) is 0 Å². The molecule has 0 aromatic heterocycles. The summed E-state index contributed by atoms with van der Waals surface area (Å²) in [5.41, 5.74) is 2.92. The molecule has 3 rings (SSSR count). The van der Waals surface area contributed by atoms with E-state index in [9.17, 15) is 5.11 Å². The highest BCUT2D eigenvalue weighted by Gasteiger charge is 2.18. The van der Waals surface area contributed by atoms with E-state index in [-0.39, 0.29) is 6.04 Å². The second-order valence-electron chi connectivity index (χ2n) is 6.51. The molecule has 3 aromatic carbocycles. The van der Waals surface area contributed by atoms with Crippen molar-refractivity contribution in [2.24, 2.45) is 0 Å². The number of benzene rings is 3. The monoisotopic (exact) mass is 459 g/mol. The third kappa shape index (κ3) is 5.74. The number of halogens is 2. The Morgan fingerprint density at radius 3 is 2.14 bits per heavy atom. The lowest BCUT2D eigenvalue weighted by Gasteiger charge is -2.24.